The van der Waals surface area contributed by atoms with Crippen molar-refractivity contribution in [3.05, 3.63) is 16.1 Å². The van der Waals surface area contributed by atoms with E-state index in [-0.39, 0.29) is 11.5 Å². The molecule has 1 unspecified atom stereocenters. The van der Waals surface area contributed by atoms with Crippen LogP contribution in [0.3, 0.4) is 0 Å². The van der Waals surface area contributed by atoms with Crippen LogP contribution in [0.25, 0.3) is 0 Å². The molecule has 0 fully saturated rings. The van der Waals surface area contributed by atoms with Crippen molar-refractivity contribution in [2.45, 2.75) is 40.3 Å². The van der Waals surface area contributed by atoms with E-state index >= 15 is 0 Å². The molecule has 1 aromatic heterocycles. The maximum Gasteiger partial charge on any atom is 0.0897 e. The van der Waals surface area contributed by atoms with Gasteiger partial charge in [-0.1, -0.05) is 20.8 Å². The predicted octanol–water partition coefficient (Wildman–Crippen LogP) is 2.60. The standard InChI is InChI=1S/C12H22N2OS/c1-9-14-7-10(16-9)6-13-8-11(15-5)12(2,3)4/h7,11,13H,6,8H2,1-5H3. The Balaban J connectivity index is 2.34. The Bertz CT molecular complexity index is 317. The van der Waals surface area contributed by atoms with Gasteiger partial charge in [0.25, 0.3) is 0 Å². The minimum absolute atomic E-state index is 0.172. The maximum absolute atomic E-state index is 5.48. The predicted molar refractivity (Wildman–Crippen MR) is 68.8 cm³/mol. The molecule has 1 atom stereocenters. The Kier molecular flexibility index (Phi) is 4.89. The highest BCUT2D eigenvalue weighted by molar-refractivity contribution is 7.11. The highest BCUT2D eigenvalue weighted by Gasteiger charge is 2.23. The van der Waals surface area contributed by atoms with Crippen LogP contribution in [0.1, 0.15) is 30.7 Å². The average molecular weight is 242 g/mol. The number of nitrogens with zero attached hydrogens (tertiary/aromatic N) is 1. The van der Waals surface area contributed by atoms with Crippen LogP contribution in [0.15, 0.2) is 6.20 Å². The van der Waals surface area contributed by atoms with Crippen molar-refractivity contribution in [1.29, 1.82) is 0 Å². The molecule has 1 N–H and O–H groups in total. The lowest BCUT2D eigenvalue weighted by molar-refractivity contribution is 0.0174. The third kappa shape index (κ3) is 4.20. The number of nitrogens with one attached hydrogen (secondary N) is 1. The summed E-state index contributed by atoms with van der Waals surface area (Å²) < 4.78 is 5.48. The summed E-state index contributed by atoms with van der Waals surface area (Å²) >= 11 is 1.74. The van der Waals surface area contributed by atoms with Gasteiger partial charge in [-0.25, -0.2) is 4.98 Å². The molecule has 1 heterocycles. The van der Waals surface area contributed by atoms with Crippen LogP contribution in [0.2, 0.25) is 0 Å². The van der Waals surface area contributed by atoms with E-state index in [4.69, 9.17) is 4.74 Å². The van der Waals surface area contributed by atoms with E-state index in [1.807, 2.05) is 13.1 Å². The summed E-state index contributed by atoms with van der Waals surface area (Å²) in [6, 6.07) is 0. The van der Waals surface area contributed by atoms with Crippen molar-refractivity contribution < 1.29 is 4.74 Å². The fourth-order valence-corrected chi connectivity index (χ4v) is 2.32. The highest BCUT2D eigenvalue weighted by Crippen LogP contribution is 2.21. The molecule has 92 valence electrons. The number of aryl methyl sites for hydroxylation is 1. The lowest BCUT2D eigenvalue weighted by atomic mass is 9.89. The van der Waals surface area contributed by atoms with Crippen LogP contribution in [0, 0.1) is 12.3 Å². The largest absolute Gasteiger partial charge is 0.380 e. The minimum atomic E-state index is 0.172. The first-order chi connectivity index (χ1) is 7.43. The molecule has 0 aromatic carbocycles. The molecule has 0 aliphatic rings. The fraction of sp³-hybridized carbons (Fsp3) is 0.750. The summed E-state index contributed by atoms with van der Waals surface area (Å²) in [6.07, 6.45) is 2.17. The molecule has 0 spiro atoms. The number of ether oxygens (including phenoxy) is 1. The zero-order valence-electron chi connectivity index (χ0n) is 10.8. The normalized spacial score (nSPS) is 14.1. The summed E-state index contributed by atoms with van der Waals surface area (Å²) in [6.45, 7) is 10.4. The van der Waals surface area contributed by atoms with Gasteiger partial charge in [0, 0.05) is 31.3 Å². The first kappa shape index (κ1) is 13.6. The number of thiazole rings is 1. The zero-order valence-corrected chi connectivity index (χ0v) is 11.6. The van der Waals surface area contributed by atoms with Gasteiger partial charge in [-0.3, -0.25) is 0 Å². The number of hydrogen-bond acceptors (Lipinski definition) is 4. The van der Waals surface area contributed by atoms with Crippen molar-refractivity contribution in [1.82, 2.24) is 10.3 Å². The van der Waals surface area contributed by atoms with E-state index in [1.165, 1.54) is 4.88 Å². The van der Waals surface area contributed by atoms with Crippen molar-refractivity contribution in [2.24, 2.45) is 5.41 Å². The second kappa shape index (κ2) is 5.75. The van der Waals surface area contributed by atoms with E-state index in [2.05, 4.69) is 31.1 Å². The molecule has 0 aliphatic heterocycles. The van der Waals surface area contributed by atoms with E-state index in [0.29, 0.717) is 0 Å². The summed E-state index contributed by atoms with van der Waals surface area (Å²) in [5.74, 6) is 0. The van der Waals surface area contributed by atoms with Crippen molar-refractivity contribution in [3.8, 4) is 0 Å². The molecule has 3 nitrogen and oxygen atoms in total. The van der Waals surface area contributed by atoms with Gasteiger partial charge >= 0.3 is 0 Å². The minimum Gasteiger partial charge on any atom is -0.380 e. The van der Waals surface area contributed by atoms with E-state index in [1.54, 1.807) is 18.4 Å². The second-order valence-corrected chi connectivity index (χ2v) is 6.39. The first-order valence-electron chi connectivity index (χ1n) is 5.58. The van der Waals surface area contributed by atoms with Crippen molar-refractivity contribution >= 4 is 11.3 Å². The van der Waals surface area contributed by atoms with Gasteiger partial charge < -0.3 is 10.1 Å². The Hall–Kier alpha value is -0.450. The van der Waals surface area contributed by atoms with Gasteiger partial charge in [0.1, 0.15) is 0 Å². The summed E-state index contributed by atoms with van der Waals surface area (Å²) in [4.78, 5) is 5.51. The van der Waals surface area contributed by atoms with Crippen LogP contribution >= 0.6 is 11.3 Å². The molecular weight excluding hydrogens is 220 g/mol. The molecule has 0 amide bonds. The van der Waals surface area contributed by atoms with Crippen molar-refractivity contribution in [3.63, 3.8) is 0 Å². The Morgan fingerprint density at radius 2 is 2.19 bits per heavy atom. The van der Waals surface area contributed by atoms with Crippen LogP contribution in [0.5, 0.6) is 0 Å². The molecule has 1 aromatic rings. The summed E-state index contributed by atoms with van der Waals surface area (Å²) in [5.41, 5.74) is 0.172. The third-order valence-corrected chi connectivity index (χ3v) is 3.46. The quantitative estimate of drug-likeness (QED) is 0.862. The van der Waals surface area contributed by atoms with Crippen LogP contribution < -0.4 is 5.32 Å². The molecule has 16 heavy (non-hydrogen) atoms. The molecule has 1 rings (SSSR count). The molecule has 0 saturated carbocycles. The Labute approximate surface area is 102 Å². The maximum atomic E-state index is 5.48. The third-order valence-electron chi connectivity index (χ3n) is 2.55. The number of rotatable bonds is 5. The fourth-order valence-electron chi connectivity index (χ4n) is 1.56. The number of methoxy groups -OCH3 is 1. The lowest BCUT2D eigenvalue weighted by Gasteiger charge is -2.29. The number of hydrogen-bond donors (Lipinski definition) is 1. The van der Waals surface area contributed by atoms with E-state index in [9.17, 15) is 0 Å². The molecule has 4 heteroatoms. The van der Waals surface area contributed by atoms with Crippen LogP contribution in [0.4, 0.5) is 0 Å². The summed E-state index contributed by atoms with van der Waals surface area (Å²) in [7, 11) is 1.77. The summed E-state index contributed by atoms with van der Waals surface area (Å²) in [5, 5.41) is 4.54. The topological polar surface area (TPSA) is 34.1 Å². The van der Waals surface area contributed by atoms with Crippen LogP contribution in [-0.4, -0.2) is 24.7 Å². The Morgan fingerprint density at radius 3 is 2.62 bits per heavy atom. The molecular formula is C12H22N2OS. The number of aromatic nitrogens is 1. The van der Waals surface area contributed by atoms with Gasteiger partial charge in [0.05, 0.1) is 11.1 Å². The Morgan fingerprint density at radius 1 is 1.50 bits per heavy atom. The van der Waals surface area contributed by atoms with Gasteiger partial charge in [-0.05, 0) is 12.3 Å². The van der Waals surface area contributed by atoms with Gasteiger partial charge in [-0.15, -0.1) is 11.3 Å². The van der Waals surface area contributed by atoms with Crippen LogP contribution in [-0.2, 0) is 11.3 Å². The van der Waals surface area contributed by atoms with Gasteiger partial charge in [0.15, 0.2) is 0 Å². The molecule has 0 aliphatic carbocycles. The smallest absolute Gasteiger partial charge is 0.0897 e. The second-order valence-electron chi connectivity index (χ2n) is 5.07. The van der Waals surface area contributed by atoms with Gasteiger partial charge in [0.2, 0.25) is 0 Å². The zero-order chi connectivity index (χ0) is 12.2. The monoisotopic (exact) mass is 242 g/mol. The molecule has 0 bridgehead atoms. The lowest BCUT2D eigenvalue weighted by Crippen LogP contribution is -2.37. The first-order valence-corrected chi connectivity index (χ1v) is 6.40. The molecule has 0 radical (unpaired) electrons. The van der Waals surface area contributed by atoms with Gasteiger partial charge in [-0.2, -0.15) is 0 Å². The van der Waals surface area contributed by atoms with E-state index in [0.717, 1.165) is 18.1 Å². The average Bonchev–Trinajstić information content (AvgIpc) is 2.57. The molecule has 0 saturated heterocycles. The van der Waals surface area contributed by atoms with E-state index < -0.39 is 0 Å². The highest BCUT2D eigenvalue weighted by atomic mass is 32.1. The van der Waals surface area contributed by atoms with Crippen molar-refractivity contribution in [2.75, 3.05) is 13.7 Å². The SMILES string of the molecule is COC(CNCc1cnc(C)s1)C(C)(C)C.